The highest BCUT2D eigenvalue weighted by Gasteiger charge is 2.33. The molecule has 0 bridgehead atoms. The zero-order valence-electron chi connectivity index (χ0n) is 14.0. The number of hydrogen-bond donors (Lipinski definition) is 2. The molecule has 1 amide bonds. The van der Waals surface area contributed by atoms with Gasteiger partial charge in [0.25, 0.3) is 11.6 Å². The average molecular weight is 358 g/mol. The van der Waals surface area contributed by atoms with Gasteiger partial charge < -0.3 is 15.4 Å². The second-order valence-corrected chi connectivity index (χ2v) is 6.09. The van der Waals surface area contributed by atoms with Gasteiger partial charge in [-0.3, -0.25) is 14.9 Å². The number of halogens is 1. The molecule has 0 radical (unpaired) electrons. The average Bonchev–Trinajstić information content (AvgIpc) is 2.53. The molecule has 1 aliphatic rings. The molecule has 0 aromatic heterocycles. The lowest BCUT2D eigenvalue weighted by Crippen LogP contribution is -2.47. The van der Waals surface area contributed by atoms with Crippen LogP contribution in [0.4, 0.5) is 5.69 Å². The third-order valence-corrected chi connectivity index (χ3v) is 4.41. The van der Waals surface area contributed by atoms with Gasteiger partial charge in [0.05, 0.1) is 11.5 Å². The number of methoxy groups -OCH3 is 1. The Bertz CT molecular complexity index is 583. The van der Waals surface area contributed by atoms with Crippen molar-refractivity contribution in [3.05, 3.63) is 39.4 Å². The van der Waals surface area contributed by atoms with Gasteiger partial charge in [0, 0.05) is 25.1 Å². The van der Waals surface area contributed by atoms with Gasteiger partial charge in [-0.1, -0.05) is 12.1 Å². The van der Waals surface area contributed by atoms with Crippen molar-refractivity contribution in [3.63, 3.8) is 0 Å². The van der Waals surface area contributed by atoms with E-state index in [1.807, 2.05) is 0 Å². The number of benzene rings is 1. The Morgan fingerprint density at radius 3 is 2.67 bits per heavy atom. The van der Waals surface area contributed by atoms with Crippen LogP contribution in [-0.4, -0.2) is 44.2 Å². The first-order chi connectivity index (χ1) is 11.0. The van der Waals surface area contributed by atoms with Crippen LogP contribution in [0.15, 0.2) is 18.2 Å². The number of carbonyl (C=O) groups is 1. The molecule has 2 rings (SSSR count). The number of nitrogens with one attached hydrogen (secondary N) is 2. The van der Waals surface area contributed by atoms with Gasteiger partial charge in [0.2, 0.25) is 0 Å². The topological polar surface area (TPSA) is 93.5 Å². The van der Waals surface area contributed by atoms with Crippen LogP contribution in [0.5, 0.6) is 0 Å². The van der Waals surface area contributed by atoms with Gasteiger partial charge >= 0.3 is 0 Å². The van der Waals surface area contributed by atoms with E-state index in [-0.39, 0.29) is 29.1 Å². The van der Waals surface area contributed by atoms with Crippen LogP contribution in [0.3, 0.4) is 0 Å². The third kappa shape index (κ3) is 4.66. The van der Waals surface area contributed by atoms with Crippen molar-refractivity contribution in [2.24, 2.45) is 5.41 Å². The lowest BCUT2D eigenvalue weighted by atomic mass is 9.79. The van der Waals surface area contributed by atoms with E-state index in [1.165, 1.54) is 6.07 Å². The fourth-order valence-corrected chi connectivity index (χ4v) is 3.09. The summed E-state index contributed by atoms with van der Waals surface area (Å²) < 4.78 is 5.32. The summed E-state index contributed by atoms with van der Waals surface area (Å²) in [6.07, 6.45) is 1.80. The Morgan fingerprint density at radius 2 is 2.08 bits per heavy atom. The largest absolute Gasteiger partial charge is 0.384 e. The fraction of sp³-hybridized carbons (Fsp3) is 0.562. The molecule has 1 saturated heterocycles. The molecule has 1 fully saturated rings. The summed E-state index contributed by atoms with van der Waals surface area (Å²) in [5.41, 5.74) is 0.461. The van der Waals surface area contributed by atoms with Crippen LogP contribution in [0, 0.1) is 22.5 Å². The summed E-state index contributed by atoms with van der Waals surface area (Å²) in [6, 6.07) is 4.65. The zero-order chi connectivity index (χ0) is 16.9. The molecule has 1 aromatic carbocycles. The third-order valence-electron chi connectivity index (χ3n) is 4.41. The lowest BCUT2D eigenvalue weighted by Gasteiger charge is -2.37. The highest BCUT2D eigenvalue weighted by molar-refractivity contribution is 5.99. The van der Waals surface area contributed by atoms with Crippen molar-refractivity contribution in [2.45, 2.75) is 19.8 Å². The summed E-state index contributed by atoms with van der Waals surface area (Å²) in [4.78, 5) is 23.1. The van der Waals surface area contributed by atoms with Crippen molar-refractivity contribution in [3.8, 4) is 0 Å². The highest BCUT2D eigenvalue weighted by atomic mass is 35.5. The molecule has 8 heteroatoms. The highest BCUT2D eigenvalue weighted by Crippen LogP contribution is 2.29. The number of hydrogen-bond acceptors (Lipinski definition) is 5. The summed E-state index contributed by atoms with van der Waals surface area (Å²) in [5.74, 6) is -0.399. The predicted octanol–water partition coefficient (Wildman–Crippen LogP) is 2.07. The molecule has 134 valence electrons. The Labute approximate surface area is 147 Å². The Morgan fingerprint density at radius 1 is 1.42 bits per heavy atom. The van der Waals surface area contributed by atoms with Crippen molar-refractivity contribution >= 4 is 24.0 Å². The molecule has 7 nitrogen and oxygen atoms in total. The normalized spacial score (nSPS) is 16.1. The number of nitrogens with zero attached hydrogens (tertiary/aromatic N) is 1. The number of ether oxygens (including phenoxy) is 1. The Hall–Kier alpha value is -1.70. The maximum Gasteiger partial charge on any atom is 0.282 e. The molecular weight excluding hydrogens is 334 g/mol. The van der Waals surface area contributed by atoms with Gasteiger partial charge in [-0.2, -0.15) is 0 Å². The monoisotopic (exact) mass is 357 g/mol. The van der Waals surface area contributed by atoms with Gasteiger partial charge in [0.15, 0.2) is 0 Å². The minimum atomic E-state index is -0.517. The minimum Gasteiger partial charge on any atom is -0.384 e. The maximum absolute atomic E-state index is 12.5. The Kier molecular flexibility index (Phi) is 7.59. The zero-order valence-corrected chi connectivity index (χ0v) is 14.8. The molecule has 2 N–H and O–H groups in total. The van der Waals surface area contributed by atoms with Crippen LogP contribution in [0.1, 0.15) is 28.8 Å². The minimum absolute atomic E-state index is 0. The number of rotatable bonds is 6. The van der Waals surface area contributed by atoms with Crippen LogP contribution < -0.4 is 10.6 Å². The molecule has 0 saturated carbocycles. The van der Waals surface area contributed by atoms with E-state index in [1.54, 1.807) is 26.2 Å². The summed E-state index contributed by atoms with van der Waals surface area (Å²) >= 11 is 0. The molecule has 0 atom stereocenters. The molecule has 0 aliphatic carbocycles. The van der Waals surface area contributed by atoms with E-state index in [9.17, 15) is 14.9 Å². The van der Waals surface area contributed by atoms with E-state index in [0.29, 0.717) is 18.7 Å². The molecule has 24 heavy (non-hydrogen) atoms. The smallest absolute Gasteiger partial charge is 0.282 e. The van der Waals surface area contributed by atoms with Crippen molar-refractivity contribution < 1.29 is 14.5 Å². The number of nitro benzene ring substituents is 1. The summed E-state index contributed by atoms with van der Waals surface area (Å²) in [6.45, 7) is 4.47. The summed E-state index contributed by atoms with van der Waals surface area (Å²) in [5, 5.41) is 17.3. The maximum atomic E-state index is 12.5. The standard InChI is InChI=1S/C16H23N3O4.ClH/c1-12-4-3-5-13(19(21)22)14(12)15(20)18-10-16(11-23-2)6-8-17-9-7-16;/h3-5,17H,6-11H2,1-2H3,(H,18,20);1H. The van der Waals surface area contributed by atoms with Crippen molar-refractivity contribution in [2.75, 3.05) is 33.4 Å². The van der Waals surface area contributed by atoms with Gasteiger partial charge in [-0.25, -0.2) is 0 Å². The molecule has 1 aromatic rings. The van der Waals surface area contributed by atoms with Crippen LogP contribution >= 0.6 is 12.4 Å². The van der Waals surface area contributed by atoms with E-state index < -0.39 is 10.8 Å². The molecule has 0 spiro atoms. The van der Waals surface area contributed by atoms with E-state index in [4.69, 9.17) is 4.74 Å². The number of aryl methyl sites for hydroxylation is 1. The molecule has 1 heterocycles. The van der Waals surface area contributed by atoms with Crippen LogP contribution in [0.2, 0.25) is 0 Å². The fourth-order valence-electron chi connectivity index (χ4n) is 3.09. The number of nitro groups is 1. The van der Waals surface area contributed by atoms with Crippen molar-refractivity contribution in [1.29, 1.82) is 0 Å². The number of carbonyl (C=O) groups excluding carboxylic acids is 1. The molecular formula is C16H24ClN3O4. The second kappa shape index (κ2) is 8.96. The number of amides is 1. The first kappa shape index (κ1) is 20.3. The van der Waals surface area contributed by atoms with Crippen molar-refractivity contribution in [1.82, 2.24) is 10.6 Å². The van der Waals surface area contributed by atoms with Gasteiger partial charge in [0.1, 0.15) is 5.56 Å². The summed E-state index contributed by atoms with van der Waals surface area (Å²) in [7, 11) is 1.65. The van der Waals surface area contributed by atoms with Crippen LogP contribution in [0.25, 0.3) is 0 Å². The Balaban J connectivity index is 0.00000288. The van der Waals surface area contributed by atoms with Crippen LogP contribution in [-0.2, 0) is 4.74 Å². The first-order valence-electron chi connectivity index (χ1n) is 7.71. The van der Waals surface area contributed by atoms with E-state index in [0.717, 1.165) is 25.9 Å². The molecule has 0 unspecified atom stereocenters. The van der Waals surface area contributed by atoms with E-state index >= 15 is 0 Å². The van der Waals surface area contributed by atoms with Gasteiger partial charge in [-0.05, 0) is 38.4 Å². The van der Waals surface area contributed by atoms with Gasteiger partial charge in [-0.15, -0.1) is 12.4 Å². The number of piperidine rings is 1. The second-order valence-electron chi connectivity index (χ2n) is 6.09. The molecule has 1 aliphatic heterocycles. The SMILES string of the molecule is COCC1(CNC(=O)c2c(C)cccc2[N+](=O)[O-])CCNCC1.Cl. The lowest BCUT2D eigenvalue weighted by molar-refractivity contribution is -0.385. The predicted molar refractivity (Wildman–Crippen MR) is 93.8 cm³/mol. The quantitative estimate of drug-likeness (QED) is 0.600. The van der Waals surface area contributed by atoms with E-state index in [2.05, 4.69) is 10.6 Å². The first-order valence-corrected chi connectivity index (χ1v) is 7.71.